The molecule has 0 aliphatic rings. The maximum Gasteiger partial charge on any atom is 0.432 e. The highest BCUT2D eigenvalue weighted by molar-refractivity contribution is 6.30. The lowest BCUT2D eigenvalue weighted by molar-refractivity contribution is -0.164. The van der Waals surface area contributed by atoms with Gasteiger partial charge in [0.25, 0.3) is 0 Å². The third-order valence-electron chi connectivity index (χ3n) is 6.43. The van der Waals surface area contributed by atoms with E-state index >= 15 is 0 Å². The summed E-state index contributed by atoms with van der Waals surface area (Å²) in [4.78, 5) is 29.4. The minimum absolute atomic E-state index is 0.321. The number of esters is 1. The SMILES string of the molecule is COC(=O)[C@@H](OC(C)(C)C)c1c(C)nc2c(c(C)c(C)n2Cc2ccn(C(=O)O)n2)c1-c1ccc(Cl)cc1. The number of benzene rings is 1. The summed E-state index contributed by atoms with van der Waals surface area (Å²) in [6.07, 6.45) is -0.763. The maximum absolute atomic E-state index is 13.1. The Kier molecular flexibility index (Phi) is 7.36. The Morgan fingerprint density at radius 3 is 2.32 bits per heavy atom. The summed E-state index contributed by atoms with van der Waals surface area (Å²) in [5.41, 5.74) is 5.42. The lowest BCUT2D eigenvalue weighted by Crippen LogP contribution is -2.29. The van der Waals surface area contributed by atoms with Gasteiger partial charge in [0.1, 0.15) is 5.65 Å². The molecule has 0 saturated heterocycles. The number of pyridine rings is 1. The molecule has 1 atom stereocenters. The normalized spacial score (nSPS) is 12.6. The molecular formula is C28H31ClN4O5. The molecule has 0 bridgehead atoms. The topological polar surface area (TPSA) is 108 Å². The van der Waals surface area contributed by atoms with Gasteiger partial charge in [0.15, 0.2) is 6.10 Å². The van der Waals surface area contributed by atoms with E-state index in [4.69, 9.17) is 26.1 Å². The molecule has 3 heterocycles. The van der Waals surface area contributed by atoms with Crippen molar-refractivity contribution in [3.8, 4) is 11.1 Å². The molecule has 4 aromatic rings. The maximum atomic E-state index is 13.1. The standard InChI is InChI=1S/C28H31ClN4O5/c1-15-17(3)32(14-20-12-13-33(31-20)27(35)36)25-21(15)23(18-8-10-19(29)11-9-18)22(16(2)30-25)24(26(34)37-7)38-28(4,5)6/h8-13,24H,14H2,1-7H3,(H,35,36)/t24-/m0/s1. The summed E-state index contributed by atoms with van der Waals surface area (Å²) in [6.45, 7) is 11.8. The van der Waals surface area contributed by atoms with E-state index in [1.165, 1.54) is 13.3 Å². The van der Waals surface area contributed by atoms with Gasteiger partial charge in [0.05, 0.1) is 24.9 Å². The van der Waals surface area contributed by atoms with Crippen LogP contribution in [0.3, 0.4) is 0 Å². The van der Waals surface area contributed by atoms with Crippen LogP contribution >= 0.6 is 11.6 Å². The molecule has 10 heteroatoms. The Balaban J connectivity index is 2.05. The van der Waals surface area contributed by atoms with Gasteiger partial charge in [-0.3, -0.25) is 0 Å². The van der Waals surface area contributed by atoms with Crippen LogP contribution < -0.4 is 0 Å². The van der Waals surface area contributed by atoms with Crippen molar-refractivity contribution in [1.29, 1.82) is 0 Å². The lowest BCUT2D eigenvalue weighted by Gasteiger charge is -2.28. The van der Waals surface area contributed by atoms with Crippen molar-refractivity contribution < 1.29 is 24.2 Å². The van der Waals surface area contributed by atoms with Gasteiger partial charge < -0.3 is 19.1 Å². The molecule has 4 rings (SSSR count). The van der Waals surface area contributed by atoms with E-state index in [2.05, 4.69) is 5.10 Å². The number of ether oxygens (including phenoxy) is 2. The predicted octanol–water partition coefficient (Wildman–Crippen LogP) is 6.08. The van der Waals surface area contributed by atoms with Gasteiger partial charge in [-0.05, 0) is 70.9 Å². The zero-order chi connectivity index (χ0) is 27.9. The monoisotopic (exact) mass is 538 g/mol. The highest BCUT2D eigenvalue weighted by atomic mass is 35.5. The second-order valence-electron chi connectivity index (χ2n) is 10.2. The van der Waals surface area contributed by atoms with Crippen molar-refractivity contribution in [2.45, 2.75) is 59.8 Å². The van der Waals surface area contributed by atoms with Crippen molar-refractivity contribution in [3.63, 3.8) is 0 Å². The largest absolute Gasteiger partial charge is 0.467 e. The Morgan fingerprint density at radius 2 is 1.76 bits per heavy atom. The number of hydrogen-bond donors (Lipinski definition) is 1. The lowest BCUT2D eigenvalue weighted by atomic mass is 9.91. The number of aromatic nitrogens is 4. The second-order valence-corrected chi connectivity index (χ2v) is 10.6. The fourth-order valence-electron chi connectivity index (χ4n) is 4.63. The first-order chi connectivity index (χ1) is 17.8. The van der Waals surface area contributed by atoms with Crippen LogP contribution in [0.5, 0.6) is 0 Å². The number of hydrogen-bond acceptors (Lipinski definition) is 6. The average Bonchev–Trinajstić information content (AvgIpc) is 3.41. The zero-order valence-corrected chi connectivity index (χ0v) is 23.3. The van der Waals surface area contributed by atoms with E-state index in [1.807, 2.05) is 58.2 Å². The predicted molar refractivity (Wildman–Crippen MR) is 145 cm³/mol. The van der Waals surface area contributed by atoms with Gasteiger partial charge in [-0.1, -0.05) is 23.7 Å². The quantitative estimate of drug-likeness (QED) is 0.296. The Bertz CT molecular complexity index is 1530. The van der Waals surface area contributed by atoms with E-state index in [1.54, 1.807) is 18.2 Å². The van der Waals surface area contributed by atoms with E-state index in [0.29, 0.717) is 34.2 Å². The Labute approximate surface area is 226 Å². The van der Waals surface area contributed by atoms with Crippen molar-refractivity contribution in [2.24, 2.45) is 0 Å². The molecule has 9 nitrogen and oxygen atoms in total. The number of rotatable bonds is 6. The van der Waals surface area contributed by atoms with E-state index < -0.39 is 23.8 Å². The van der Waals surface area contributed by atoms with Crippen LogP contribution in [0.2, 0.25) is 5.02 Å². The van der Waals surface area contributed by atoms with Gasteiger partial charge >= 0.3 is 12.1 Å². The molecule has 0 amide bonds. The third-order valence-corrected chi connectivity index (χ3v) is 6.68. The number of nitrogens with zero attached hydrogens (tertiary/aromatic N) is 4. The molecule has 38 heavy (non-hydrogen) atoms. The summed E-state index contributed by atoms with van der Waals surface area (Å²) in [7, 11) is 1.34. The molecule has 200 valence electrons. The van der Waals surface area contributed by atoms with Crippen molar-refractivity contribution in [2.75, 3.05) is 7.11 Å². The van der Waals surface area contributed by atoms with Crippen LogP contribution in [0.4, 0.5) is 4.79 Å². The number of halogens is 1. The number of fused-ring (bicyclic) bond motifs is 1. The summed E-state index contributed by atoms with van der Waals surface area (Å²) < 4.78 is 14.3. The summed E-state index contributed by atoms with van der Waals surface area (Å²) in [6, 6.07) is 9.09. The minimum atomic E-state index is -1.15. The van der Waals surface area contributed by atoms with E-state index in [-0.39, 0.29) is 0 Å². The molecule has 0 spiro atoms. The number of aryl methyl sites for hydroxylation is 2. The van der Waals surface area contributed by atoms with Crippen LogP contribution in [0, 0.1) is 20.8 Å². The van der Waals surface area contributed by atoms with Crippen LogP contribution in [0.1, 0.15) is 55.1 Å². The molecule has 0 unspecified atom stereocenters. The Hall–Kier alpha value is -3.69. The van der Waals surface area contributed by atoms with Crippen LogP contribution in [-0.2, 0) is 20.8 Å². The minimum Gasteiger partial charge on any atom is -0.467 e. The molecular weight excluding hydrogens is 508 g/mol. The molecule has 0 aliphatic carbocycles. The number of carbonyl (C=O) groups is 2. The van der Waals surface area contributed by atoms with Crippen molar-refractivity contribution >= 4 is 34.7 Å². The highest BCUT2D eigenvalue weighted by Crippen LogP contribution is 2.42. The first-order valence-electron chi connectivity index (χ1n) is 12.1. The van der Waals surface area contributed by atoms with Crippen LogP contribution in [-0.4, -0.2) is 49.2 Å². The zero-order valence-electron chi connectivity index (χ0n) is 22.5. The smallest absolute Gasteiger partial charge is 0.432 e. The molecule has 0 saturated carbocycles. The van der Waals surface area contributed by atoms with Crippen LogP contribution in [0.25, 0.3) is 22.2 Å². The fraction of sp³-hybridized carbons (Fsp3) is 0.357. The molecule has 1 aromatic carbocycles. The van der Waals surface area contributed by atoms with Gasteiger partial charge in [0.2, 0.25) is 0 Å². The highest BCUT2D eigenvalue weighted by Gasteiger charge is 2.34. The van der Waals surface area contributed by atoms with Gasteiger partial charge in [0, 0.05) is 39.1 Å². The second kappa shape index (κ2) is 10.2. The molecule has 3 aromatic heterocycles. The van der Waals surface area contributed by atoms with Crippen molar-refractivity contribution in [3.05, 3.63) is 69.8 Å². The number of carboxylic acid groups (broad SMARTS) is 1. The van der Waals surface area contributed by atoms with E-state index in [9.17, 15) is 14.7 Å². The number of methoxy groups -OCH3 is 1. The van der Waals surface area contributed by atoms with Crippen molar-refractivity contribution in [1.82, 2.24) is 19.3 Å². The Morgan fingerprint density at radius 1 is 1.11 bits per heavy atom. The first-order valence-corrected chi connectivity index (χ1v) is 12.5. The summed E-state index contributed by atoms with van der Waals surface area (Å²) in [5.74, 6) is -0.521. The molecule has 0 radical (unpaired) electrons. The molecule has 1 N–H and O–H groups in total. The van der Waals surface area contributed by atoms with Gasteiger partial charge in [-0.15, -0.1) is 0 Å². The van der Waals surface area contributed by atoms with E-state index in [0.717, 1.165) is 32.5 Å². The molecule has 0 fully saturated rings. The van der Waals surface area contributed by atoms with Gasteiger partial charge in [-0.2, -0.15) is 9.78 Å². The van der Waals surface area contributed by atoms with Gasteiger partial charge in [-0.25, -0.2) is 14.6 Å². The summed E-state index contributed by atoms with van der Waals surface area (Å²) in [5, 5.41) is 14.9. The number of carbonyl (C=O) groups excluding carboxylic acids is 1. The third kappa shape index (κ3) is 5.16. The molecule has 0 aliphatic heterocycles. The summed E-state index contributed by atoms with van der Waals surface area (Å²) >= 11 is 6.22. The fourth-order valence-corrected chi connectivity index (χ4v) is 4.75. The van der Waals surface area contributed by atoms with Crippen LogP contribution in [0.15, 0.2) is 36.5 Å². The average molecular weight is 539 g/mol. The first kappa shape index (κ1) is 27.3.